The highest BCUT2D eigenvalue weighted by Gasteiger charge is 2.14. The Hall–Kier alpha value is -2.48. The van der Waals surface area contributed by atoms with Gasteiger partial charge in [0.15, 0.2) is 0 Å². The van der Waals surface area contributed by atoms with Gasteiger partial charge in [-0.05, 0) is 33.7 Å². The van der Waals surface area contributed by atoms with Gasteiger partial charge in [-0.1, -0.05) is 36.4 Å². The largest absolute Gasteiger partial charge is 0.377 e. The molecule has 0 bridgehead atoms. The van der Waals surface area contributed by atoms with Crippen LogP contribution in [0, 0.1) is 0 Å². The highest BCUT2D eigenvalue weighted by Crippen LogP contribution is 2.41. The summed E-state index contributed by atoms with van der Waals surface area (Å²) in [6.07, 6.45) is 0. The van der Waals surface area contributed by atoms with Crippen molar-refractivity contribution in [3.8, 4) is 0 Å². The van der Waals surface area contributed by atoms with Crippen molar-refractivity contribution in [2.45, 2.75) is 0 Å². The number of hydrogen-bond acceptors (Lipinski definition) is 2. The molecule has 0 aliphatic carbocycles. The maximum Gasteiger partial charge on any atom is 0.0441 e. The monoisotopic (exact) mass is 288 g/mol. The summed E-state index contributed by atoms with van der Waals surface area (Å²) in [5.41, 5.74) is 2.55. The van der Waals surface area contributed by atoms with Gasteiger partial charge in [-0.15, -0.1) is 0 Å². The molecule has 2 heteroatoms. The smallest absolute Gasteiger partial charge is 0.0441 e. The first kappa shape index (κ1) is 13.2. The molecule has 0 N–H and O–H groups in total. The van der Waals surface area contributed by atoms with Crippen molar-refractivity contribution in [1.29, 1.82) is 0 Å². The van der Waals surface area contributed by atoms with Crippen LogP contribution < -0.4 is 9.80 Å². The van der Waals surface area contributed by atoms with Crippen LogP contribution in [0.15, 0.2) is 48.5 Å². The van der Waals surface area contributed by atoms with E-state index in [0.29, 0.717) is 0 Å². The van der Waals surface area contributed by atoms with Crippen LogP contribution in [0.3, 0.4) is 0 Å². The molecule has 0 aliphatic heterocycles. The molecule has 0 fully saturated rings. The SMILES string of the molecule is CN(C)c1ccc2ccc3c(N(C)C)ccc4ccc1c2c43. The number of nitrogens with zero attached hydrogens (tertiary/aromatic N) is 2. The molecule has 0 amide bonds. The third-order valence-corrected chi connectivity index (χ3v) is 4.58. The molecule has 0 aliphatic rings. The van der Waals surface area contributed by atoms with E-state index in [1.807, 2.05) is 0 Å². The first-order valence-corrected chi connectivity index (χ1v) is 7.63. The van der Waals surface area contributed by atoms with E-state index >= 15 is 0 Å². The predicted octanol–water partition coefficient (Wildman–Crippen LogP) is 4.72. The van der Waals surface area contributed by atoms with E-state index in [9.17, 15) is 0 Å². The van der Waals surface area contributed by atoms with Crippen LogP contribution in [-0.4, -0.2) is 28.2 Å². The molecule has 4 aromatic rings. The van der Waals surface area contributed by atoms with Gasteiger partial charge < -0.3 is 9.80 Å². The lowest BCUT2D eigenvalue weighted by atomic mass is 9.92. The van der Waals surface area contributed by atoms with Crippen molar-refractivity contribution in [3.63, 3.8) is 0 Å². The summed E-state index contributed by atoms with van der Waals surface area (Å²) in [5, 5.41) is 8.05. The molecule has 4 rings (SSSR count). The lowest BCUT2D eigenvalue weighted by molar-refractivity contribution is 1.14. The van der Waals surface area contributed by atoms with Crippen LogP contribution in [0.2, 0.25) is 0 Å². The van der Waals surface area contributed by atoms with Crippen molar-refractivity contribution in [2.75, 3.05) is 38.0 Å². The Kier molecular flexibility index (Phi) is 2.70. The van der Waals surface area contributed by atoms with E-state index in [2.05, 4.69) is 86.5 Å². The van der Waals surface area contributed by atoms with E-state index in [4.69, 9.17) is 0 Å². The van der Waals surface area contributed by atoms with E-state index in [-0.39, 0.29) is 0 Å². The summed E-state index contributed by atoms with van der Waals surface area (Å²) in [6, 6.07) is 17.9. The van der Waals surface area contributed by atoms with Crippen LogP contribution in [-0.2, 0) is 0 Å². The Balaban J connectivity index is 2.28. The van der Waals surface area contributed by atoms with E-state index in [0.717, 1.165) is 0 Å². The van der Waals surface area contributed by atoms with Gasteiger partial charge in [-0.2, -0.15) is 0 Å². The van der Waals surface area contributed by atoms with E-state index in [1.54, 1.807) is 0 Å². The number of anilines is 2. The average Bonchev–Trinajstić information content (AvgIpc) is 2.51. The topological polar surface area (TPSA) is 6.48 Å². The van der Waals surface area contributed by atoms with Crippen LogP contribution in [0.4, 0.5) is 11.4 Å². The molecule has 0 radical (unpaired) electrons. The van der Waals surface area contributed by atoms with Gasteiger partial charge >= 0.3 is 0 Å². The molecule has 2 nitrogen and oxygen atoms in total. The summed E-state index contributed by atoms with van der Waals surface area (Å²) in [7, 11) is 8.43. The molecule has 0 unspecified atom stereocenters. The third kappa shape index (κ3) is 1.67. The van der Waals surface area contributed by atoms with Gasteiger partial charge in [0, 0.05) is 50.3 Å². The van der Waals surface area contributed by atoms with Crippen molar-refractivity contribution < 1.29 is 0 Å². The van der Waals surface area contributed by atoms with Gasteiger partial charge in [0.25, 0.3) is 0 Å². The molecule has 0 atom stereocenters. The van der Waals surface area contributed by atoms with E-state index in [1.165, 1.54) is 43.7 Å². The highest BCUT2D eigenvalue weighted by atomic mass is 15.1. The second-order valence-electron chi connectivity index (χ2n) is 6.38. The summed E-state index contributed by atoms with van der Waals surface area (Å²) in [6.45, 7) is 0. The van der Waals surface area contributed by atoms with Gasteiger partial charge in [-0.25, -0.2) is 0 Å². The van der Waals surface area contributed by atoms with Gasteiger partial charge in [0.05, 0.1) is 0 Å². The Bertz CT molecular complexity index is 901. The third-order valence-electron chi connectivity index (χ3n) is 4.58. The molecular weight excluding hydrogens is 268 g/mol. The van der Waals surface area contributed by atoms with Crippen molar-refractivity contribution in [2.24, 2.45) is 0 Å². The normalized spacial score (nSPS) is 11.6. The highest BCUT2D eigenvalue weighted by molar-refractivity contribution is 6.27. The average molecular weight is 288 g/mol. The molecule has 22 heavy (non-hydrogen) atoms. The zero-order valence-corrected chi connectivity index (χ0v) is 13.5. The number of rotatable bonds is 2. The zero-order chi connectivity index (χ0) is 15.4. The van der Waals surface area contributed by atoms with Gasteiger partial charge in [0.1, 0.15) is 0 Å². The van der Waals surface area contributed by atoms with Gasteiger partial charge in [0.2, 0.25) is 0 Å². The maximum atomic E-state index is 2.26. The van der Waals surface area contributed by atoms with Crippen LogP contribution in [0.1, 0.15) is 0 Å². The van der Waals surface area contributed by atoms with E-state index < -0.39 is 0 Å². The molecule has 0 aromatic heterocycles. The minimum atomic E-state index is 1.28. The minimum absolute atomic E-state index is 1.28. The summed E-state index contributed by atoms with van der Waals surface area (Å²) in [5.74, 6) is 0. The molecule has 0 spiro atoms. The summed E-state index contributed by atoms with van der Waals surface area (Å²) in [4.78, 5) is 4.39. The standard InChI is InChI=1S/C20H20N2/c1-21(2)17-11-7-13-6-10-16-18(22(3)4)12-8-14-5-9-15(17)19(13)20(14)16/h5-12H,1-4H3. The van der Waals surface area contributed by atoms with Crippen molar-refractivity contribution >= 4 is 43.7 Å². The lowest BCUT2D eigenvalue weighted by Crippen LogP contribution is -2.10. The maximum absolute atomic E-state index is 2.26. The molecule has 0 saturated heterocycles. The Morgan fingerprint density at radius 3 is 1.23 bits per heavy atom. The van der Waals surface area contributed by atoms with Gasteiger partial charge in [-0.3, -0.25) is 0 Å². The lowest BCUT2D eigenvalue weighted by Gasteiger charge is -2.21. The molecule has 110 valence electrons. The van der Waals surface area contributed by atoms with Crippen LogP contribution >= 0.6 is 0 Å². The fourth-order valence-corrected chi connectivity index (χ4v) is 3.55. The second-order valence-corrected chi connectivity index (χ2v) is 6.38. The fourth-order valence-electron chi connectivity index (χ4n) is 3.55. The molecular formula is C20H20N2. The van der Waals surface area contributed by atoms with Crippen molar-refractivity contribution in [1.82, 2.24) is 0 Å². The second kappa shape index (κ2) is 4.51. The Labute approximate surface area is 130 Å². The first-order valence-electron chi connectivity index (χ1n) is 7.63. The Morgan fingerprint density at radius 2 is 0.864 bits per heavy atom. The summed E-state index contributed by atoms with van der Waals surface area (Å²) >= 11 is 0. The van der Waals surface area contributed by atoms with Crippen LogP contribution in [0.5, 0.6) is 0 Å². The van der Waals surface area contributed by atoms with Crippen molar-refractivity contribution in [3.05, 3.63) is 48.5 Å². The minimum Gasteiger partial charge on any atom is -0.377 e. The Morgan fingerprint density at radius 1 is 0.500 bits per heavy atom. The summed E-state index contributed by atoms with van der Waals surface area (Å²) < 4.78 is 0. The van der Waals surface area contributed by atoms with Crippen LogP contribution in [0.25, 0.3) is 32.3 Å². The molecule has 0 heterocycles. The quantitative estimate of drug-likeness (QED) is 0.493. The number of benzene rings is 4. The molecule has 0 saturated carbocycles. The number of hydrogen-bond donors (Lipinski definition) is 0. The first-order chi connectivity index (χ1) is 10.6. The fraction of sp³-hybridized carbons (Fsp3) is 0.200. The predicted molar refractivity (Wildman–Crippen MR) is 98.8 cm³/mol. The molecule has 4 aromatic carbocycles. The zero-order valence-electron chi connectivity index (χ0n) is 13.5.